The summed E-state index contributed by atoms with van der Waals surface area (Å²) >= 11 is 5.63. The zero-order valence-corrected chi connectivity index (χ0v) is 11.7. The van der Waals surface area contributed by atoms with Crippen molar-refractivity contribution < 1.29 is 27.4 Å². The van der Waals surface area contributed by atoms with E-state index in [9.17, 15) is 18.0 Å². The van der Waals surface area contributed by atoms with Crippen LogP contribution in [0.2, 0.25) is 5.02 Å². The first-order valence-electron chi connectivity index (χ1n) is 5.51. The number of carbonyl (C=O) groups excluding carboxylic acids is 1. The first-order chi connectivity index (χ1) is 8.96. The summed E-state index contributed by atoms with van der Waals surface area (Å²) in [5.41, 5.74) is -0.494. The van der Waals surface area contributed by atoms with E-state index in [1.165, 1.54) is 6.07 Å². The molecule has 20 heavy (non-hydrogen) atoms. The molecule has 0 radical (unpaired) electrons. The van der Waals surface area contributed by atoms with E-state index in [2.05, 4.69) is 10.1 Å². The molecular weight excluding hydrogens is 299 g/mol. The molecule has 0 bridgehead atoms. The van der Waals surface area contributed by atoms with Crippen molar-refractivity contribution in [3.63, 3.8) is 0 Å². The molecule has 0 saturated carbocycles. The number of amides is 1. The minimum absolute atomic E-state index is 0.193. The third kappa shape index (κ3) is 6.01. The average molecular weight is 312 g/mol. The lowest BCUT2D eigenvalue weighted by atomic mass is 10.2. The third-order valence-corrected chi connectivity index (χ3v) is 2.10. The van der Waals surface area contributed by atoms with Crippen molar-refractivity contribution in [2.24, 2.45) is 0 Å². The lowest BCUT2D eigenvalue weighted by Gasteiger charge is -2.20. The Labute approximate surface area is 118 Å². The fraction of sp³-hybridized carbons (Fsp3) is 0.417. The Bertz CT molecular complexity index is 498. The highest BCUT2D eigenvalue weighted by molar-refractivity contribution is 6.32. The molecule has 1 aromatic rings. The lowest BCUT2D eigenvalue weighted by Crippen LogP contribution is -2.27. The van der Waals surface area contributed by atoms with Crippen molar-refractivity contribution in [3.05, 3.63) is 23.2 Å². The van der Waals surface area contributed by atoms with Gasteiger partial charge in [-0.05, 0) is 39.0 Å². The van der Waals surface area contributed by atoms with Gasteiger partial charge in [0.1, 0.15) is 11.4 Å². The summed E-state index contributed by atoms with van der Waals surface area (Å²) < 4.78 is 44.8. The van der Waals surface area contributed by atoms with Gasteiger partial charge in [0.25, 0.3) is 0 Å². The molecule has 0 unspecified atom stereocenters. The molecule has 4 nitrogen and oxygen atoms in total. The minimum atomic E-state index is -4.83. The Balaban J connectivity index is 2.75. The lowest BCUT2D eigenvalue weighted by molar-refractivity contribution is -0.274. The molecule has 1 N–H and O–H groups in total. The molecule has 0 aliphatic rings. The van der Waals surface area contributed by atoms with Crippen molar-refractivity contribution in [3.8, 4) is 5.75 Å². The molecule has 1 amide bonds. The molecule has 0 aromatic heterocycles. The van der Waals surface area contributed by atoms with Gasteiger partial charge in [-0.1, -0.05) is 11.6 Å². The Morgan fingerprint density at radius 3 is 2.30 bits per heavy atom. The normalized spacial score (nSPS) is 11.9. The van der Waals surface area contributed by atoms with E-state index in [0.717, 1.165) is 12.1 Å². The monoisotopic (exact) mass is 311 g/mol. The number of ether oxygens (including phenoxy) is 2. The minimum Gasteiger partial charge on any atom is -0.444 e. The summed E-state index contributed by atoms with van der Waals surface area (Å²) in [5, 5.41) is 2.07. The fourth-order valence-electron chi connectivity index (χ4n) is 1.21. The molecule has 0 fully saturated rings. The second-order valence-electron chi connectivity index (χ2n) is 4.82. The van der Waals surface area contributed by atoms with Crippen molar-refractivity contribution in [2.45, 2.75) is 32.7 Å². The van der Waals surface area contributed by atoms with Gasteiger partial charge in [-0.25, -0.2) is 4.79 Å². The largest absolute Gasteiger partial charge is 0.573 e. The molecule has 1 aromatic carbocycles. The quantitative estimate of drug-likeness (QED) is 0.869. The van der Waals surface area contributed by atoms with Gasteiger partial charge >= 0.3 is 12.5 Å². The highest BCUT2D eigenvalue weighted by atomic mass is 35.5. The summed E-state index contributed by atoms with van der Waals surface area (Å²) in [6.07, 6.45) is -5.57. The summed E-state index contributed by atoms with van der Waals surface area (Å²) in [4.78, 5) is 11.5. The van der Waals surface area contributed by atoms with Crippen molar-refractivity contribution in [2.75, 3.05) is 5.32 Å². The van der Waals surface area contributed by atoms with Crippen molar-refractivity contribution >= 4 is 23.4 Å². The summed E-state index contributed by atoms with van der Waals surface area (Å²) in [5.74, 6) is -0.547. The predicted octanol–water partition coefficient (Wildman–Crippen LogP) is 4.59. The van der Waals surface area contributed by atoms with E-state index in [1.54, 1.807) is 20.8 Å². The van der Waals surface area contributed by atoms with Crippen LogP contribution in [0, 0.1) is 0 Å². The molecular formula is C12H13ClF3NO3. The SMILES string of the molecule is CC(C)(C)OC(=O)Nc1ccc(OC(F)(F)F)c(Cl)c1. The first kappa shape index (κ1) is 16.4. The second-order valence-corrected chi connectivity index (χ2v) is 5.23. The number of alkyl halides is 3. The van der Waals surface area contributed by atoms with Crippen LogP contribution in [0.3, 0.4) is 0 Å². The Hall–Kier alpha value is -1.63. The highest BCUT2D eigenvalue weighted by Crippen LogP contribution is 2.32. The summed E-state index contributed by atoms with van der Waals surface area (Å²) in [6, 6.07) is 3.35. The van der Waals surface area contributed by atoms with E-state index in [-0.39, 0.29) is 10.7 Å². The smallest absolute Gasteiger partial charge is 0.444 e. The fourth-order valence-corrected chi connectivity index (χ4v) is 1.43. The summed E-state index contributed by atoms with van der Waals surface area (Å²) in [6.45, 7) is 5.04. The number of nitrogens with one attached hydrogen (secondary N) is 1. The van der Waals surface area contributed by atoms with E-state index < -0.39 is 23.8 Å². The van der Waals surface area contributed by atoms with Crippen LogP contribution in [0.25, 0.3) is 0 Å². The maximum absolute atomic E-state index is 12.0. The van der Waals surface area contributed by atoms with Gasteiger partial charge in [-0.3, -0.25) is 5.32 Å². The van der Waals surface area contributed by atoms with Crippen LogP contribution in [0.5, 0.6) is 5.75 Å². The number of benzene rings is 1. The van der Waals surface area contributed by atoms with E-state index in [4.69, 9.17) is 16.3 Å². The van der Waals surface area contributed by atoms with E-state index in [0.29, 0.717) is 0 Å². The number of halogens is 4. The number of anilines is 1. The second kappa shape index (κ2) is 5.78. The Morgan fingerprint density at radius 2 is 1.85 bits per heavy atom. The molecule has 0 saturated heterocycles. The van der Waals surface area contributed by atoms with Gasteiger partial charge in [0, 0.05) is 5.69 Å². The first-order valence-corrected chi connectivity index (χ1v) is 5.89. The molecule has 1 rings (SSSR count). The molecule has 112 valence electrons. The molecule has 0 heterocycles. The van der Waals surface area contributed by atoms with Gasteiger partial charge in [0.15, 0.2) is 0 Å². The standard InChI is InChI=1S/C12H13ClF3NO3/c1-11(2,3)20-10(18)17-7-4-5-9(8(13)6-7)19-12(14,15)16/h4-6H,1-3H3,(H,17,18). The molecule has 0 aliphatic carbocycles. The molecule has 8 heteroatoms. The molecule has 0 spiro atoms. The van der Waals surface area contributed by atoms with Gasteiger partial charge in [-0.2, -0.15) is 0 Å². The van der Waals surface area contributed by atoms with Crippen LogP contribution >= 0.6 is 11.6 Å². The number of hydrogen-bond donors (Lipinski definition) is 1. The number of hydrogen-bond acceptors (Lipinski definition) is 3. The maximum Gasteiger partial charge on any atom is 0.573 e. The maximum atomic E-state index is 12.0. The van der Waals surface area contributed by atoms with Gasteiger partial charge in [-0.15, -0.1) is 13.2 Å². The van der Waals surface area contributed by atoms with Crippen LogP contribution in [0.15, 0.2) is 18.2 Å². The van der Waals surface area contributed by atoms with Crippen LogP contribution in [0.1, 0.15) is 20.8 Å². The molecule has 0 atom stereocenters. The predicted molar refractivity (Wildman–Crippen MR) is 68.0 cm³/mol. The number of rotatable bonds is 2. The highest BCUT2D eigenvalue weighted by Gasteiger charge is 2.32. The average Bonchev–Trinajstić information content (AvgIpc) is 2.17. The van der Waals surface area contributed by atoms with Gasteiger partial charge < -0.3 is 9.47 Å². The van der Waals surface area contributed by atoms with Gasteiger partial charge in [0.2, 0.25) is 0 Å². The van der Waals surface area contributed by atoms with Crippen LogP contribution in [-0.4, -0.2) is 18.1 Å². The Kier molecular flexibility index (Phi) is 4.75. The van der Waals surface area contributed by atoms with Crippen LogP contribution < -0.4 is 10.1 Å². The van der Waals surface area contributed by atoms with E-state index in [1.807, 2.05) is 0 Å². The number of carbonyl (C=O) groups is 1. The molecule has 0 aliphatic heterocycles. The van der Waals surface area contributed by atoms with Crippen LogP contribution in [-0.2, 0) is 4.74 Å². The van der Waals surface area contributed by atoms with Gasteiger partial charge in [0.05, 0.1) is 5.02 Å². The zero-order valence-electron chi connectivity index (χ0n) is 11.0. The summed E-state index contributed by atoms with van der Waals surface area (Å²) in [7, 11) is 0. The zero-order chi connectivity index (χ0) is 15.6. The Morgan fingerprint density at radius 1 is 1.25 bits per heavy atom. The van der Waals surface area contributed by atoms with Crippen molar-refractivity contribution in [1.29, 1.82) is 0 Å². The topological polar surface area (TPSA) is 47.6 Å². The van der Waals surface area contributed by atoms with Crippen molar-refractivity contribution in [1.82, 2.24) is 0 Å². The third-order valence-electron chi connectivity index (χ3n) is 1.80. The van der Waals surface area contributed by atoms with Crippen LogP contribution in [0.4, 0.5) is 23.7 Å². The van der Waals surface area contributed by atoms with E-state index >= 15 is 0 Å².